The largest absolute Gasteiger partial charge is 0.507 e. The molecule has 1 aromatic heterocycles. The predicted molar refractivity (Wildman–Crippen MR) is 130 cm³/mol. The number of hydrogen-bond donors (Lipinski definition) is 1. The molecule has 34 heavy (non-hydrogen) atoms. The number of halogens is 1. The maximum absolute atomic E-state index is 13.1. The fraction of sp³-hybridized carbons (Fsp3) is 0.269. The molecule has 2 heterocycles. The molecule has 3 aromatic rings. The van der Waals surface area contributed by atoms with Gasteiger partial charge in [-0.1, -0.05) is 30.7 Å². The van der Waals surface area contributed by atoms with E-state index in [0.29, 0.717) is 42.5 Å². The van der Waals surface area contributed by atoms with Crippen molar-refractivity contribution in [2.24, 2.45) is 0 Å². The first kappa shape index (κ1) is 23.6. The molecule has 1 saturated heterocycles. The molecule has 176 valence electrons. The molecule has 1 unspecified atom stereocenters. The molecule has 0 aliphatic carbocycles. The van der Waals surface area contributed by atoms with E-state index in [0.717, 1.165) is 12.0 Å². The molecule has 8 heteroatoms. The third kappa shape index (κ3) is 4.99. The fourth-order valence-corrected chi connectivity index (χ4v) is 4.16. The van der Waals surface area contributed by atoms with E-state index >= 15 is 0 Å². The summed E-state index contributed by atoms with van der Waals surface area (Å²) < 4.78 is 7.59. The van der Waals surface area contributed by atoms with Crippen LogP contribution in [-0.2, 0) is 16.1 Å². The minimum absolute atomic E-state index is 0.0668. The number of hydrogen-bond acceptors (Lipinski definition) is 5. The van der Waals surface area contributed by atoms with Crippen molar-refractivity contribution in [1.29, 1.82) is 0 Å². The molecule has 1 amide bonds. The second kappa shape index (κ2) is 10.6. The number of aliphatic hydroxyl groups excluding tert-OH is 1. The Morgan fingerprint density at radius 3 is 2.47 bits per heavy atom. The number of amides is 1. The number of nitrogens with zero attached hydrogens (tertiary/aromatic N) is 3. The molecular formula is C26H26ClN3O4. The summed E-state index contributed by atoms with van der Waals surface area (Å²) in [6, 6.07) is 13.1. The van der Waals surface area contributed by atoms with E-state index in [-0.39, 0.29) is 11.3 Å². The average molecular weight is 480 g/mol. The van der Waals surface area contributed by atoms with Gasteiger partial charge in [0.2, 0.25) is 0 Å². The maximum atomic E-state index is 13.1. The lowest BCUT2D eigenvalue weighted by atomic mass is 9.95. The van der Waals surface area contributed by atoms with Crippen LogP contribution in [0.2, 0.25) is 5.02 Å². The Bertz CT molecular complexity index is 1170. The van der Waals surface area contributed by atoms with Crippen molar-refractivity contribution in [2.75, 3.05) is 13.2 Å². The number of imidazole rings is 1. The van der Waals surface area contributed by atoms with Gasteiger partial charge in [-0.25, -0.2) is 4.98 Å². The van der Waals surface area contributed by atoms with E-state index in [1.165, 1.54) is 4.90 Å². The van der Waals surface area contributed by atoms with Crippen LogP contribution in [0.5, 0.6) is 5.75 Å². The Labute approximate surface area is 203 Å². The first-order valence-electron chi connectivity index (χ1n) is 11.2. The molecule has 1 N–H and O–H groups in total. The summed E-state index contributed by atoms with van der Waals surface area (Å²) in [7, 11) is 0. The molecule has 0 radical (unpaired) electrons. The summed E-state index contributed by atoms with van der Waals surface area (Å²) in [4.78, 5) is 31.7. The van der Waals surface area contributed by atoms with E-state index in [1.54, 1.807) is 36.8 Å². The molecule has 1 atom stereocenters. The van der Waals surface area contributed by atoms with Gasteiger partial charge in [0, 0.05) is 36.1 Å². The Morgan fingerprint density at radius 1 is 1.09 bits per heavy atom. The van der Waals surface area contributed by atoms with Gasteiger partial charge in [0.1, 0.15) is 11.5 Å². The normalized spacial score (nSPS) is 17.4. The zero-order chi connectivity index (χ0) is 24.1. The lowest BCUT2D eigenvalue weighted by Crippen LogP contribution is -2.31. The van der Waals surface area contributed by atoms with Crippen LogP contribution in [-0.4, -0.2) is 44.4 Å². The van der Waals surface area contributed by atoms with Crippen molar-refractivity contribution in [1.82, 2.24) is 14.5 Å². The predicted octanol–water partition coefficient (Wildman–Crippen LogP) is 4.84. The number of ether oxygens (including phenoxy) is 1. The average Bonchev–Trinajstić information content (AvgIpc) is 3.45. The Balaban J connectivity index is 1.69. The summed E-state index contributed by atoms with van der Waals surface area (Å²) in [5, 5.41) is 11.6. The first-order valence-corrected chi connectivity index (χ1v) is 11.6. The maximum Gasteiger partial charge on any atom is 0.295 e. The number of carbonyl (C=O) groups excluding carboxylic acids is 2. The topological polar surface area (TPSA) is 84.7 Å². The third-order valence-corrected chi connectivity index (χ3v) is 5.95. The Morgan fingerprint density at radius 2 is 1.82 bits per heavy atom. The summed E-state index contributed by atoms with van der Waals surface area (Å²) in [5.41, 5.74) is 1.21. The molecular weight excluding hydrogens is 454 g/mol. The van der Waals surface area contributed by atoms with Crippen LogP contribution < -0.4 is 4.74 Å². The van der Waals surface area contributed by atoms with Gasteiger partial charge in [0.25, 0.3) is 11.7 Å². The van der Waals surface area contributed by atoms with E-state index in [2.05, 4.69) is 4.98 Å². The van der Waals surface area contributed by atoms with Gasteiger partial charge >= 0.3 is 0 Å². The van der Waals surface area contributed by atoms with E-state index in [1.807, 2.05) is 42.0 Å². The highest BCUT2D eigenvalue weighted by Gasteiger charge is 2.45. The van der Waals surface area contributed by atoms with Gasteiger partial charge in [-0.15, -0.1) is 0 Å². The lowest BCUT2D eigenvalue weighted by molar-refractivity contribution is -0.139. The SMILES string of the molecule is CCCOc1ccc(C2C(=C(O)c3ccc(Cl)cc3)C(=O)C(=O)N2CCCn2ccnc2)cc1. The highest BCUT2D eigenvalue weighted by atomic mass is 35.5. The molecule has 2 aromatic carbocycles. The zero-order valence-electron chi connectivity index (χ0n) is 18.9. The number of likely N-dealkylation sites (tertiary alicyclic amines) is 1. The lowest BCUT2D eigenvalue weighted by Gasteiger charge is -2.25. The quantitative estimate of drug-likeness (QED) is 0.270. The van der Waals surface area contributed by atoms with Crippen molar-refractivity contribution >= 4 is 29.1 Å². The van der Waals surface area contributed by atoms with Crippen molar-refractivity contribution in [3.8, 4) is 5.75 Å². The minimum atomic E-state index is -0.710. The molecule has 1 aliphatic heterocycles. The van der Waals surface area contributed by atoms with Gasteiger partial charge in [0.05, 0.1) is 24.5 Å². The summed E-state index contributed by atoms with van der Waals surface area (Å²) in [6.07, 6.45) is 6.77. The number of aryl methyl sites for hydroxylation is 1. The van der Waals surface area contributed by atoms with Crippen molar-refractivity contribution < 1.29 is 19.4 Å². The van der Waals surface area contributed by atoms with Gasteiger partial charge in [-0.3, -0.25) is 9.59 Å². The number of benzene rings is 2. The molecule has 0 saturated carbocycles. The Hall–Kier alpha value is -3.58. The number of carbonyl (C=O) groups is 2. The summed E-state index contributed by atoms with van der Waals surface area (Å²) >= 11 is 5.98. The van der Waals surface area contributed by atoms with Crippen molar-refractivity contribution in [3.05, 3.63) is 89.0 Å². The van der Waals surface area contributed by atoms with E-state index in [4.69, 9.17) is 16.3 Å². The van der Waals surface area contributed by atoms with Gasteiger partial charge in [0.15, 0.2) is 0 Å². The number of rotatable bonds is 9. The van der Waals surface area contributed by atoms with Crippen LogP contribution in [0.4, 0.5) is 0 Å². The highest BCUT2D eigenvalue weighted by molar-refractivity contribution is 6.46. The monoisotopic (exact) mass is 479 g/mol. The van der Waals surface area contributed by atoms with Crippen molar-refractivity contribution in [2.45, 2.75) is 32.4 Å². The van der Waals surface area contributed by atoms with Gasteiger partial charge < -0.3 is 19.3 Å². The minimum Gasteiger partial charge on any atom is -0.507 e. The second-order valence-electron chi connectivity index (χ2n) is 8.07. The van der Waals surface area contributed by atoms with E-state index < -0.39 is 17.7 Å². The Kier molecular flexibility index (Phi) is 7.33. The smallest absolute Gasteiger partial charge is 0.295 e. The third-order valence-electron chi connectivity index (χ3n) is 5.70. The van der Waals surface area contributed by atoms with E-state index in [9.17, 15) is 14.7 Å². The van der Waals surface area contributed by atoms with Crippen molar-refractivity contribution in [3.63, 3.8) is 0 Å². The fourth-order valence-electron chi connectivity index (χ4n) is 4.03. The summed E-state index contributed by atoms with van der Waals surface area (Å²) in [5.74, 6) is -0.840. The van der Waals surface area contributed by atoms with Crippen LogP contribution in [0.25, 0.3) is 5.76 Å². The van der Waals surface area contributed by atoms with Crippen LogP contribution in [0.15, 0.2) is 72.8 Å². The number of aliphatic hydroxyl groups is 1. The molecule has 0 spiro atoms. The zero-order valence-corrected chi connectivity index (χ0v) is 19.6. The molecule has 1 fully saturated rings. The van der Waals surface area contributed by atoms with Crippen LogP contribution in [0, 0.1) is 0 Å². The number of Topliss-reactive ketones (excluding diaryl/α,β-unsaturated/α-hetero) is 1. The summed E-state index contributed by atoms with van der Waals surface area (Å²) in [6.45, 7) is 3.63. The number of ketones is 1. The highest BCUT2D eigenvalue weighted by Crippen LogP contribution is 2.40. The molecule has 7 nitrogen and oxygen atoms in total. The first-order chi connectivity index (χ1) is 16.5. The van der Waals surface area contributed by atoms with Gasteiger partial charge in [-0.05, 0) is 54.8 Å². The van der Waals surface area contributed by atoms with Crippen LogP contribution in [0.1, 0.15) is 36.9 Å². The molecule has 4 rings (SSSR count). The molecule has 1 aliphatic rings. The van der Waals surface area contributed by atoms with Gasteiger partial charge in [-0.2, -0.15) is 0 Å². The standard InChI is InChI=1S/C26H26ClN3O4/c1-2-16-34-21-10-6-18(7-11-21)23-22(24(31)19-4-8-20(27)9-5-19)25(32)26(33)30(23)14-3-13-29-15-12-28-17-29/h4-12,15,17,23,31H,2-3,13-14,16H2,1H3. The second-order valence-corrected chi connectivity index (χ2v) is 8.51. The number of aromatic nitrogens is 2. The van der Waals surface area contributed by atoms with Crippen LogP contribution >= 0.6 is 11.6 Å². The van der Waals surface area contributed by atoms with Crippen LogP contribution in [0.3, 0.4) is 0 Å². The molecule has 0 bridgehead atoms.